The minimum atomic E-state index is -0.319. The maximum atomic E-state index is 11.8. The Morgan fingerprint density at radius 2 is 2.29 bits per heavy atom. The predicted molar refractivity (Wildman–Crippen MR) is 73.6 cm³/mol. The summed E-state index contributed by atoms with van der Waals surface area (Å²) in [6.07, 6.45) is 0. The Bertz CT molecular complexity index is 572. The summed E-state index contributed by atoms with van der Waals surface area (Å²) in [5.74, 6) is -0.319. The van der Waals surface area contributed by atoms with Crippen molar-refractivity contribution in [1.82, 2.24) is 4.98 Å². The largest absolute Gasteiger partial charge is 0.375 e. The molecule has 2 aromatic rings. The normalized spacial score (nSPS) is 10.2. The van der Waals surface area contributed by atoms with Gasteiger partial charge in [0, 0.05) is 5.38 Å². The number of carbonyl (C=O) groups excluding carboxylic acids is 1. The highest BCUT2D eigenvalue weighted by atomic mass is 79.9. The van der Waals surface area contributed by atoms with E-state index in [9.17, 15) is 4.79 Å². The van der Waals surface area contributed by atoms with Crippen LogP contribution in [0.2, 0.25) is 5.02 Å². The number of thiazole rings is 1. The minimum absolute atomic E-state index is 0.291. The molecule has 0 spiro atoms. The highest BCUT2D eigenvalue weighted by Crippen LogP contribution is 2.30. The van der Waals surface area contributed by atoms with Crippen molar-refractivity contribution in [1.29, 1.82) is 0 Å². The highest BCUT2D eigenvalue weighted by Gasteiger charge is 2.12. The molecule has 3 N–H and O–H groups in total. The molecule has 1 aromatic heterocycles. The third kappa shape index (κ3) is 2.77. The molecule has 1 amide bonds. The van der Waals surface area contributed by atoms with Gasteiger partial charge in [-0.25, -0.2) is 4.98 Å². The van der Waals surface area contributed by atoms with Crippen molar-refractivity contribution in [2.45, 2.75) is 0 Å². The Kier molecular flexibility index (Phi) is 3.66. The number of amides is 1. The molecule has 4 nitrogen and oxygen atoms in total. The van der Waals surface area contributed by atoms with Crippen LogP contribution in [0.25, 0.3) is 0 Å². The van der Waals surface area contributed by atoms with Gasteiger partial charge in [-0.2, -0.15) is 0 Å². The molecule has 88 valence electrons. The van der Waals surface area contributed by atoms with Gasteiger partial charge in [-0.15, -0.1) is 11.3 Å². The molecular formula is C10H7BrClN3OS. The molecule has 0 saturated heterocycles. The fraction of sp³-hybridized carbons (Fsp3) is 0. The highest BCUT2D eigenvalue weighted by molar-refractivity contribution is 9.10. The molecule has 1 aromatic carbocycles. The third-order valence-corrected chi connectivity index (χ3v) is 4.03. The van der Waals surface area contributed by atoms with Crippen molar-refractivity contribution in [2.24, 2.45) is 0 Å². The summed E-state index contributed by atoms with van der Waals surface area (Å²) in [6, 6.07) is 5.21. The molecule has 0 unspecified atom stereocenters. The maximum Gasteiger partial charge on any atom is 0.275 e. The summed E-state index contributed by atoms with van der Waals surface area (Å²) in [6.45, 7) is 0. The summed E-state index contributed by atoms with van der Waals surface area (Å²) in [4.78, 5) is 15.7. The first-order valence-electron chi connectivity index (χ1n) is 4.54. The maximum absolute atomic E-state index is 11.8. The number of hydrogen-bond acceptors (Lipinski definition) is 4. The Labute approximate surface area is 115 Å². The van der Waals surface area contributed by atoms with E-state index in [1.165, 1.54) is 11.3 Å². The van der Waals surface area contributed by atoms with Crippen LogP contribution in [0.3, 0.4) is 0 Å². The number of aromatic nitrogens is 1. The second-order valence-corrected chi connectivity index (χ2v) is 5.22. The molecule has 17 heavy (non-hydrogen) atoms. The number of nitrogens with one attached hydrogen (secondary N) is 1. The van der Waals surface area contributed by atoms with Crippen LogP contribution < -0.4 is 11.1 Å². The first kappa shape index (κ1) is 12.3. The van der Waals surface area contributed by atoms with E-state index in [1.54, 1.807) is 23.6 Å². The van der Waals surface area contributed by atoms with E-state index in [-0.39, 0.29) is 5.91 Å². The number of halogens is 2. The summed E-state index contributed by atoms with van der Waals surface area (Å²) in [5, 5.41) is 5.19. The van der Waals surface area contributed by atoms with E-state index in [1.807, 2.05) is 0 Å². The molecule has 0 bridgehead atoms. The number of rotatable bonds is 2. The van der Waals surface area contributed by atoms with Crippen molar-refractivity contribution in [2.75, 3.05) is 11.1 Å². The number of anilines is 2. The number of benzene rings is 1. The average Bonchev–Trinajstić information content (AvgIpc) is 2.72. The smallest absolute Gasteiger partial charge is 0.275 e. The van der Waals surface area contributed by atoms with E-state index in [0.29, 0.717) is 26.0 Å². The third-order valence-electron chi connectivity index (χ3n) is 1.95. The van der Waals surface area contributed by atoms with Crippen molar-refractivity contribution in [3.8, 4) is 0 Å². The van der Waals surface area contributed by atoms with Gasteiger partial charge >= 0.3 is 0 Å². The minimum Gasteiger partial charge on any atom is -0.375 e. The van der Waals surface area contributed by atoms with Crippen LogP contribution in [0.4, 0.5) is 10.8 Å². The van der Waals surface area contributed by atoms with Gasteiger partial charge in [0.2, 0.25) is 0 Å². The lowest BCUT2D eigenvalue weighted by Gasteiger charge is -2.06. The number of nitrogen functional groups attached to an aromatic ring is 1. The molecule has 7 heteroatoms. The summed E-state index contributed by atoms with van der Waals surface area (Å²) < 4.78 is 0.637. The van der Waals surface area contributed by atoms with Crippen LogP contribution in [0.5, 0.6) is 0 Å². The number of nitrogens with zero attached hydrogens (tertiary/aromatic N) is 1. The molecular weight excluding hydrogens is 326 g/mol. The fourth-order valence-electron chi connectivity index (χ4n) is 1.18. The quantitative estimate of drug-likeness (QED) is 0.885. The van der Waals surface area contributed by atoms with Crippen molar-refractivity contribution in [3.05, 3.63) is 38.8 Å². The lowest BCUT2D eigenvalue weighted by Crippen LogP contribution is -2.12. The van der Waals surface area contributed by atoms with E-state index >= 15 is 0 Å². The van der Waals surface area contributed by atoms with Crippen LogP contribution in [0.15, 0.2) is 28.1 Å². The first-order chi connectivity index (χ1) is 8.08. The van der Waals surface area contributed by atoms with Gasteiger partial charge in [0.15, 0.2) is 5.13 Å². The molecule has 1 heterocycles. The standard InChI is InChI=1S/C10H7BrClN3OS/c11-8-5(12)2-1-3-6(8)14-9(16)7-4-17-10(13)15-7/h1-4H,(H2,13,15)(H,14,16). The number of carbonyl (C=O) groups is 1. The van der Waals surface area contributed by atoms with Gasteiger partial charge in [-0.05, 0) is 28.1 Å². The Morgan fingerprint density at radius 3 is 2.94 bits per heavy atom. The number of hydrogen-bond donors (Lipinski definition) is 2. The van der Waals surface area contributed by atoms with Crippen LogP contribution in [-0.2, 0) is 0 Å². The van der Waals surface area contributed by atoms with Crippen LogP contribution >= 0.6 is 38.9 Å². The lowest BCUT2D eigenvalue weighted by atomic mass is 10.3. The van der Waals surface area contributed by atoms with Gasteiger partial charge < -0.3 is 11.1 Å². The molecule has 2 rings (SSSR count). The van der Waals surface area contributed by atoms with E-state index in [0.717, 1.165) is 0 Å². The van der Waals surface area contributed by atoms with E-state index in [2.05, 4.69) is 26.2 Å². The molecule has 0 atom stereocenters. The summed E-state index contributed by atoms with van der Waals surface area (Å²) in [7, 11) is 0. The first-order valence-corrected chi connectivity index (χ1v) is 6.59. The molecule has 0 aliphatic carbocycles. The fourth-order valence-corrected chi connectivity index (χ4v) is 2.26. The second kappa shape index (κ2) is 5.03. The summed E-state index contributed by atoms with van der Waals surface area (Å²) in [5.41, 5.74) is 6.34. The van der Waals surface area contributed by atoms with Crippen molar-refractivity contribution in [3.63, 3.8) is 0 Å². The lowest BCUT2D eigenvalue weighted by molar-refractivity contribution is 0.102. The van der Waals surface area contributed by atoms with Gasteiger partial charge in [0.05, 0.1) is 15.2 Å². The topological polar surface area (TPSA) is 68.0 Å². The van der Waals surface area contributed by atoms with Crippen LogP contribution in [-0.4, -0.2) is 10.9 Å². The molecule has 0 aliphatic heterocycles. The van der Waals surface area contributed by atoms with Gasteiger partial charge in [0.1, 0.15) is 5.69 Å². The zero-order chi connectivity index (χ0) is 12.4. The van der Waals surface area contributed by atoms with Crippen LogP contribution in [0.1, 0.15) is 10.5 Å². The number of nitrogens with two attached hydrogens (primary N) is 1. The van der Waals surface area contributed by atoms with Crippen molar-refractivity contribution < 1.29 is 4.79 Å². The predicted octanol–water partition coefficient (Wildman–Crippen LogP) is 3.39. The van der Waals surface area contributed by atoms with Gasteiger partial charge in [-0.3, -0.25) is 4.79 Å². The molecule has 0 fully saturated rings. The SMILES string of the molecule is Nc1nc(C(=O)Nc2cccc(Cl)c2Br)cs1. The zero-order valence-corrected chi connectivity index (χ0v) is 11.6. The average molecular weight is 333 g/mol. The monoisotopic (exact) mass is 331 g/mol. The zero-order valence-electron chi connectivity index (χ0n) is 8.41. The van der Waals surface area contributed by atoms with Crippen LogP contribution in [0, 0.1) is 0 Å². The van der Waals surface area contributed by atoms with Gasteiger partial charge in [-0.1, -0.05) is 17.7 Å². The molecule has 0 aliphatic rings. The van der Waals surface area contributed by atoms with E-state index in [4.69, 9.17) is 17.3 Å². The Morgan fingerprint density at radius 1 is 1.53 bits per heavy atom. The van der Waals surface area contributed by atoms with Gasteiger partial charge in [0.25, 0.3) is 5.91 Å². The molecule has 0 saturated carbocycles. The second-order valence-electron chi connectivity index (χ2n) is 3.13. The Hall–Kier alpha value is -1.11. The van der Waals surface area contributed by atoms with Crippen molar-refractivity contribution >= 4 is 55.6 Å². The summed E-state index contributed by atoms with van der Waals surface area (Å²) >= 11 is 10.4. The Balaban J connectivity index is 2.21. The van der Waals surface area contributed by atoms with E-state index < -0.39 is 0 Å². The molecule has 0 radical (unpaired) electrons.